The Kier molecular flexibility index (Phi) is 5.91. The molecule has 1 fully saturated rings. The number of methoxy groups -OCH3 is 1. The molecule has 2 aromatic heterocycles. The van der Waals surface area contributed by atoms with Gasteiger partial charge in [0.15, 0.2) is 11.5 Å². The number of aryl methyl sites for hydroxylation is 1. The molecular weight excluding hydrogens is 430 g/mol. The molecule has 3 heterocycles. The molecule has 0 aliphatic carbocycles. The number of ether oxygens (including phenoxy) is 1. The summed E-state index contributed by atoms with van der Waals surface area (Å²) in [6.45, 7) is 4.50. The normalized spacial score (nSPS) is 19.8. The molecule has 170 valence electrons. The molecule has 2 atom stereocenters. The third-order valence-electron chi connectivity index (χ3n) is 6.08. The lowest BCUT2D eigenvalue weighted by atomic mass is 9.95. The molecule has 3 aromatic rings. The van der Waals surface area contributed by atoms with Crippen LogP contribution in [-0.4, -0.2) is 60.1 Å². The fourth-order valence-corrected chi connectivity index (χ4v) is 5.48. The van der Waals surface area contributed by atoms with Crippen molar-refractivity contribution in [3.8, 4) is 0 Å². The number of rotatable bonds is 5. The second kappa shape index (κ2) is 8.51. The lowest BCUT2D eigenvalue weighted by Gasteiger charge is -2.42. The number of carbonyl (C=O) groups is 1. The summed E-state index contributed by atoms with van der Waals surface area (Å²) >= 11 is 0. The first-order chi connectivity index (χ1) is 15.2. The van der Waals surface area contributed by atoms with E-state index in [4.69, 9.17) is 4.74 Å². The van der Waals surface area contributed by atoms with Crippen molar-refractivity contribution >= 4 is 32.8 Å². The number of hydrogen-bond acceptors (Lipinski definition) is 8. The van der Waals surface area contributed by atoms with Crippen LogP contribution in [0.4, 0.5) is 5.82 Å². The number of esters is 1. The van der Waals surface area contributed by atoms with Crippen LogP contribution in [0.15, 0.2) is 47.8 Å². The van der Waals surface area contributed by atoms with Crippen LogP contribution in [0.1, 0.15) is 25.3 Å². The van der Waals surface area contributed by atoms with Crippen LogP contribution in [-0.2, 0) is 19.6 Å². The molecule has 0 spiro atoms. The first-order valence-electron chi connectivity index (χ1n) is 10.5. The van der Waals surface area contributed by atoms with E-state index in [1.54, 1.807) is 30.3 Å². The maximum absolute atomic E-state index is 13.2. The Morgan fingerprint density at radius 3 is 2.56 bits per heavy atom. The van der Waals surface area contributed by atoms with Gasteiger partial charge < -0.3 is 4.74 Å². The lowest BCUT2D eigenvalue weighted by Crippen LogP contribution is -2.52. The fraction of sp³-hybridized carbons (Fsp3) is 0.409. The highest BCUT2D eigenvalue weighted by Gasteiger charge is 2.34. The summed E-state index contributed by atoms with van der Waals surface area (Å²) in [6.07, 6.45) is 4.47. The molecule has 0 radical (unpaired) electrons. The van der Waals surface area contributed by atoms with Gasteiger partial charge in [0.2, 0.25) is 0 Å². The zero-order valence-corrected chi connectivity index (χ0v) is 19.4. The quantitative estimate of drug-likeness (QED) is 0.540. The van der Waals surface area contributed by atoms with Gasteiger partial charge in [-0.05, 0) is 44.9 Å². The van der Waals surface area contributed by atoms with Crippen LogP contribution >= 0.6 is 0 Å². The first kappa shape index (κ1) is 22.2. The Bertz CT molecular complexity index is 1240. The molecule has 2 unspecified atom stereocenters. The highest BCUT2D eigenvalue weighted by Crippen LogP contribution is 2.31. The molecule has 1 aromatic carbocycles. The summed E-state index contributed by atoms with van der Waals surface area (Å²) in [4.78, 5) is 21.0. The smallest absolute Gasteiger partial charge is 0.310 e. The summed E-state index contributed by atoms with van der Waals surface area (Å²) in [5.41, 5.74) is 1.28. The Balaban J connectivity index is 1.72. The predicted octanol–water partition coefficient (Wildman–Crippen LogP) is 2.60. The monoisotopic (exact) mass is 457 g/mol. The third-order valence-corrected chi connectivity index (χ3v) is 7.76. The molecule has 0 saturated carbocycles. The van der Waals surface area contributed by atoms with Crippen molar-refractivity contribution in [2.24, 2.45) is 5.92 Å². The Labute approximate surface area is 187 Å². The number of carbonyl (C=O) groups excluding carboxylic acids is 1. The number of hydrazine groups is 1. The van der Waals surface area contributed by atoms with E-state index in [-0.39, 0.29) is 22.8 Å². The van der Waals surface area contributed by atoms with Crippen LogP contribution < -0.4 is 5.01 Å². The topological polar surface area (TPSA) is 97.6 Å². The van der Waals surface area contributed by atoms with E-state index >= 15 is 0 Å². The van der Waals surface area contributed by atoms with E-state index < -0.39 is 10.0 Å². The second-order valence-electron chi connectivity index (χ2n) is 8.16. The van der Waals surface area contributed by atoms with Crippen molar-refractivity contribution in [2.45, 2.75) is 37.6 Å². The molecule has 0 N–H and O–H groups in total. The second-order valence-corrected chi connectivity index (χ2v) is 9.97. The summed E-state index contributed by atoms with van der Waals surface area (Å²) in [5, 5.41) is 4.56. The van der Waals surface area contributed by atoms with Gasteiger partial charge in [-0.3, -0.25) is 9.80 Å². The standard InChI is InChI=1S/C22H27N5O4S/c1-15-5-9-18(10-6-15)32(29,30)27-12-11-19-20(23-14-24-21(19)27)25(3)26-13-17(22(28)31-4)8-7-16(26)2/h5-6,9-12,14,16-17H,7-8,13H2,1-4H3. The SMILES string of the molecule is COC(=O)C1CCC(C)N(N(C)c2ncnc3c2ccn3S(=O)(=O)c2ccc(C)cc2)C1. The van der Waals surface area contributed by atoms with Gasteiger partial charge in [0.1, 0.15) is 6.33 Å². The van der Waals surface area contributed by atoms with E-state index in [2.05, 4.69) is 21.9 Å². The predicted molar refractivity (Wildman–Crippen MR) is 121 cm³/mol. The van der Waals surface area contributed by atoms with Gasteiger partial charge in [-0.2, -0.15) is 0 Å². The van der Waals surface area contributed by atoms with Crippen molar-refractivity contribution in [3.05, 3.63) is 48.4 Å². The van der Waals surface area contributed by atoms with Crippen molar-refractivity contribution < 1.29 is 17.9 Å². The van der Waals surface area contributed by atoms with Crippen molar-refractivity contribution in [3.63, 3.8) is 0 Å². The van der Waals surface area contributed by atoms with E-state index in [1.807, 2.05) is 19.0 Å². The summed E-state index contributed by atoms with van der Waals surface area (Å²) in [5.74, 6) is 0.131. The van der Waals surface area contributed by atoms with Crippen molar-refractivity contribution in [2.75, 3.05) is 25.7 Å². The van der Waals surface area contributed by atoms with Gasteiger partial charge in [-0.25, -0.2) is 27.4 Å². The molecule has 1 saturated heterocycles. The van der Waals surface area contributed by atoms with Gasteiger partial charge in [0.05, 0.1) is 23.3 Å². The molecule has 1 aliphatic rings. The highest BCUT2D eigenvalue weighted by atomic mass is 32.2. The van der Waals surface area contributed by atoms with E-state index in [9.17, 15) is 13.2 Å². The van der Waals surface area contributed by atoms with Crippen molar-refractivity contribution in [1.82, 2.24) is 18.9 Å². The minimum atomic E-state index is -3.81. The Morgan fingerprint density at radius 2 is 1.88 bits per heavy atom. The minimum Gasteiger partial charge on any atom is -0.469 e. The van der Waals surface area contributed by atoms with Gasteiger partial charge in [0, 0.05) is 25.8 Å². The summed E-state index contributed by atoms with van der Waals surface area (Å²) in [7, 11) is -0.540. The number of fused-ring (bicyclic) bond motifs is 1. The first-order valence-corrected chi connectivity index (χ1v) is 11.9. The molecule has 0 amide bonds. The number of anilines is 1. The third kappa shape index (κ3) is 3.84. The molecule has 9 nitrogen and oxygen atoms in total. The zero-order chi connectivity index (χ0) is 23.0. The molecule has 0 bridgehead atoms. The Hall–Kier alpha value is -2.98. The molecule has 10 heteroatoms. The fourth-order valence-electron chi connectivity index (χ4n) is 4.18. The minimum absolute atomic E-state index is 0.185. The van der Waals surface area contributed by atoms with Crippen LogP contribution in [0.5, 0.6) is 0 Å². The number of benzene rings is 1. The number of piperidine rings is 1. The van der Waals surface area contributed by atoms with Crippen molar-refractivity contribution in [1.29, 1.82) is 0 Å². The summed E-state index contributed by atoms with van der Waals surface area (Å²) in [6, 6.07) is 8.61. The van der Waals surface area contributed by atoms with Crippen LogP contribution in [0.25, 0.3) is 11.0 Å². The van der Waals surface area contributed by atoms with Crippen LogP contribution in [0, 0.1) is 12.8 Å². The van der Waals surface area contributed by atoms with E-state index in [0.29, 0.717) is 23.4 Å². The van der Waals surface area contributed by atoms with Gasteiger partial charge in [-0.1, -0.05) is 17.7 Å². The molecule has 1 aliphatic heterocycles. The molecule has 32 heavy (non-hydrogen) atoms. The van der Waals surface area contributed by atoms with Gasteiger partial charge in [0.25, 0.3) is 10.0 Å². The lowest BCUT2D eigenvalue weighted by molar-refractivity contribution is -0.148. The van der Waals surface area contributed by atoms with E-state index in [0.717, 1.165) is 18.4 Å². The largest absolute Gasteiger partial charge is 0.469 e. The van der Waals surface area contributed by atoms with Crippen LogP contribution in [0.3, 0.4) is 0 Å². The zero-order valence-electron chi connectivity index (χ0n) is 18.6. The number of aromatic nitrogens is 3. The summed E-state index contributed by atoms with van der Waals surface area (Å²) < 4.78 is 32.6. The maximum atomic E-state index is 13.2. The molecule has 4 rings (SSSR count). The maximum Gasteiger partial charge on any atom is 0.310 e. The number of hydrogen-bond donors (Lipinski definition) is 0. The average Bonchev–Trinajstić information content (AvgIpc) is 3.24. The highest BCUT2D eigenvalue weighted by molar-refractivity contribution is 7.90. The van der Waals surface area contributed by atoms with E-state index in [1.165, 1.54) is 23.6 Å². The number of nitrogens with zero attached hydrogens (tertiary/aromatic N) is 5. The van der Waals surface area contributed by atoms with Gasteiger partial charge in [-0.15, -0.1) is 0 Å². The Morgan fingerprint density at radius 1 is 1.16 bits per heavy atom. The van der Waals surface area contributed by atoms with Crippen LogP contribution in [0.2, 0.25) is 0 Å². The average molecular weight is 458 g/mol. The molecular formula is C22H27N5O4S. The van der Waals surface area contributed by atoms with Gasteiger partial charge >= 0.3 is 5.97 Å².